The fourth-order valence-corrected chi connectivity index (χ4v) is 3.12. The van der Waals surface area contributed by atoms with Crippen molar-refractivity contribution in [1.29, 1.82) is 0 Å². The third kappa shape index (κ3) is 3.91. The Morgan fingerprint density at radius 2 is 1.96 bits per heavy atom. The molecule has 0 radical (unpaired) electrons. The molecule has 1 fully saturated rings. The Morgan fingerprint density at radius 1 is 1.23 bits per heavy atom. The summed E-state index contributed by atoms with van der Waals surface area (Å²) < 4.78 is 1.41. The van der Waals surface area contributed by atoms with Gasteiger partial charge >= 0.3 is 0 Å². The Balaban J connectivity index is 1.93. The maximum absolute atomic E-state index is 12.6. The normalized spacial score (nSPS) is 18.4. The number of nitrogens with one attached hydrogen (secondary N) is 1. The number of nitrogens with zero attached hydrogens (tertiary/aromatic N) is 1. The minimum atomic E-state index is -0.508. The molecule has 2 aromatic rings. The molecule has 1 saturated carbocycles. The molecule has 6 heteroatoms. The van der Waals surface area contributed by atoms with Crippen molar-refractivity contribution >= 4 is 11.7 Å². The van der Waals surface area contributed by atoms with E-state index in [1.165, 1.54) is 23.9 Å². The highest BCUT2D eigenvalue weighted by atomic mass is 16.3. The van der Waals surface area contributed by atoms with Crippen molar-refractivity contribution in [3.8, 4) is 0 Å². The Hall–Kier alpha value is -2.73. The van der Waals surface area contributed by atoms with Crippen molar-refractivity contribution in [2.45, 2.75) is 19.4 Å². The molecule has 0 bridgehead atoms. The topological polar surface area (TPSA) is 88.4 Å². The van der Waals surface area contributed by atoms with E-state index in [1.54, 1.807) is 0 Å². The molecule has 0 aliphatic heterocycles. The number of aliphatic hydroxyl groups excluding tert-OH is 1. The Bertz CT molecular complexity index is 873. The number of hydrogen-bond acceptors (Lipinski definition) is 4. The van der Waals surface area contributed by atoms with E-state index < -0.39 is 11.5 Å². The van der Waals surface area contributed by atoms with E-state index in [-0.39, 0.29) is 36.3 Å². The Morgan fingerprint density at radius 3 is 2.58 bits per heavy atom. The number of pyridine rings is 1. The molecule has 1 heterocycles. The zero-order chi connectivity index (χ0) is 18.7. The van der Waals surface area contributed by atoms with Crippen LogP contribution < -0.4 is 10.9 Å². The average molecular weight is 354 g/mol. The molecule has 0 saturated heterocycles. The maximum atomic E-state index is 12.6. The van der Waals surface area contributed by atoms with Gasteiger partial charge in [-0.1, -0.05) is 30.3 Å². The van der Waals surface area contributed by atoms with Crippen LogP contribution in [0.25, 0.3) is 0 Å². The smallest absolute Gasteiger partial charge is 0.263 e. The van der Waals surface area contributed by atoms with E-state index in [1.807, 2.05) is 30.3 Å². The number of carbonyl (C=O) groups is 2. The second-order valence-corrected chi connectivity index (χ2v) is 6.71. The fraction of sp³-hybridized carbons (Fsp3) is 0.350. The number of aliphatic hydroxyl groups is 1. The molecule has 1 aliphatic carbocycles. The second-order valence-electron chi connectivity index (χ2n) is 6.71. The van der Waals surface area contributed by atoms with Crippen LogP contribution in [0.3, 0.4) is 0 Å². The van der Waals surface area contributed by atoms with Crippen LogP contribution in [0.15, 0.2) is 47.4 Å². The van der Waals surface area contributed by atoms with Crippen LogP contribution in [0.5, 0.6) is 0 Å². The van der Waals surface area contributed by atoms with Crippen LogP contribution in [0, 0.1) is 11.8 Å². The molecule has 136 valence electrons. The number of rotatable bonds is 7. The van der Waals surface area contributed by atoms with Gasteiger partial charge in [-0.15, -0.1) is 0 Å². The largest absolute Gasteiger partial charge is 0.396 e. The van der Waals surface area contributed by atoms with Crippen molar-refractivity contribution in [2.24, 2.45) is 11.8 Å². The summed E-state index contributed by atoms with van der Waals surface area (Å²) >= 11 is 0. The van der Waals surface area contributed by atoms with Crippen LogP contribution in [0.4, 0.5) is 0 Å². The first-order valence-electron chi connectivity index (χ1n) is 8.68. The maximum Gasteiger partial charge on any atom is 0.263 e. The van der Waals surface area contributed by atoms with Crippen LogP contribution in [-0.2, 0) is 6.54 Å². The molecule has 2 unspecified atom stereocenters. The summed E-state index contributed by atoms with van der Waals surface area (Å²) in [6.07, 6.45) is 2.69. The lowest BCUT2D eigenvalue weighted by atomic mass is 10.0. The van der Waals surface area contributed by atoms with Crippen molar-refractivity contribution in [1.82, 2.24) is 9.88 Å². The summed E-state index contributed by atoms with van der Waals surface area (Å²) in [5.74, 6) is -0.248. The van der Waals surface area contributed by atoms with Crippen molar-refractivity contribution in [3.63, 3.8) is 0 Å². The molecule has 2 N–H and O–H groups in total. The van der Waals surface area contributed by atoms with E-state index in [0.29, 0.717) is 12.0 Å². The lowest BCUT2D eigenvalue weighted by Crippen LogP contribution is -2.32. The first-order valence-corrected chi connectivity index (χ1v) is 8.68. The zero-order valence-corrected chi connectivity index (χ0v) is 14.6. The zero-order valence-electron chi connectivity index (χ0n) is 14.6. The van der Waals surface area contributed by atoms with Crippen molar-refractivity contribution < 1.29 is 14.7 Å². The number of aromatic nitrogens is 1. The number of carbonyl (C=O) groups excluding carboxylic acids is 2. The molecular weight excluding hydrogens is 332 g/mol. The number of amides is 1. The van der Waals surface area contributed by atoms with Gasteiger partial charge in [-0.3, -0.25) is 14.4 Å². The summed E-state index contributed by atoms with van der Waals surface area (Å²) in [5.41, 5.74) is 0.792. The van der Waals surface area contributed by atoms with E-state index in [0.717, 1.165) is 12.0 Å². The number of ketones is 1. The molecule has 1 aromatic carbocycles. The Labute approximate surface area is 151 Å². The predicted octanol–water partition coefficient (Wildman–Crippen LogP) is 1.46. The van der Waals surface area contributed by atoms with Crippen LogP contribution >= 0.6 is 0 Å². The van der Waals surface area contributed by atoms with E-state index >= 15 is 0 Å². The highest BCUT2D eigenvalue weighted by Crippen LogP contribution is 2.41. The summed E-state index contributed by atoms with van der Waals surface area (Å²) in [7, 11) is 1.45. The van der Waals surface area contributed by atoms with Gasteiger partial charge in [0.1, 0.15) is 5.56 Å². The number of hydrogen-bond donors (Lipinski definition) is 2. The van der Waals surface area contributed by atoms with Gasteiger partial charge in [0.2, 0.25) is 0 Å². The minimum absolute atomic E-state index is 0.0382. The molecule has 1 amide bonds. The summed E-state index contributed by atoms with van der Waals surface area (Å²) in [6, 6.07) is 10.8. The molecule has 3 rings (SSSR count). The molecule has 2 atom stereocenters. The summed E-state index contributed by atoms with van der Waals surface area (Å²) in [6.45, 7) is 0.377. The van der Waals surface area contributed by atoms with Gasteiger partial charge in [-0.2, -0.15) is 0 Å². The first-order chi connectivity index (χ1) is 12.5. The SMILES string of the molecule is CNC(=O)c1cc(C(=O)CC2CC2CO)cn(Cc2ccccc2)c1=O. The van der Waals surface area contributed by atoms with Gasteiger partial charge in [0.15, 0.2) is 5.78 Å². The average Bonchev–Trinajstić information content (AvgIpc) is 3.41. The van der Waals surface area contributed by atoms with Crippen LogP contribution in [0.1, 0.15) is 39.1 Å². The van der Waals surface area contributed by atoms with Gasteiger partial charge in [0, 0.05) is 31.8 Å². The predicted molar refractivity (Wildman–Crippen MR) is 97.3 cm³/mol. The molecule has 1 aromatic heterocycles. The number of benzene rings is 1. The molecule has 1 aliphatic rings. The molecule has 26 heavy (non-hydrogen) atoms. The summed E-state index contributed by atoms with van der Waals surface area (Å²) in [4.78, 5) is 37.3. The highest BCUT2D eigenvalue weighted by Gasteiger charge is 2.37. The van der Waals surface area contributed by atoms with Crippen molar-refractivity contribution in [2.75, 3.05) is 13.7 Å². The number of Topliss-reactive ketones (excluding diaryl/α,β-unsaturated/α-hetero) is 1. The van der Waals surface area contributed by atoms with E-state index in [2.05, 4.69) is 5.32 Å². The van der Waals surface area contributed by atoms with Gasteiger partial charge in [0.25, 0.3) is 11.5 Å². The van der Waals surface area contributed by atoms with Crippen LogP contribution in [0.2, 0.25) is 0 Å². The monoisotopic (exact) mass is 354 g/mol. The standard InChI is InChI=1S/C20H22N2O4/c1-21-19(25)17-8-15(18(24)9-14-7-16(14)12-23)11-22(20(17)26)10-13-5-3-2-4-6-13/h2-6,8,11,14,16,23H,7,9-10,12H2,1H3,(H,21,25). The minimum Gasteiger partial charge on any atom is -0.396 e. The lowest BCUT2D eigenvalue weighted by molar-refractivity contribution is 0.0961. The molecular formula is C20H22N2O4. The van der Waals surface area contributed by atoms with Gasteiger partial charge in [0.05, 0.1) is 6.54 Å². The fourth-order valence-electron chi connectivity index (χ4n) is 3.12. The quantitative estimate of drug-likeness (QED) is 0.737. The first kappa shape index (κ1) is 18.1. The third-order valence-electron chi connectivity index (χ3n) is 4.83. The van der Waals surface area contributed by atoms with E-state index in [4.69, 9.17) is 5.11 Å². The highest BCUT2D eigenvalue weighted by molar-refractivity contribution is 6.00. The van der Waals surface area contributed by atoms with Gasteiger partial charge in [-0.05, 0) is 29.9 Å². The Kier molecular flexibility index (Phi) is 5.32. The van der Waals surface area contributed by atoms with Gasteiger partial charge in [-0.25, -0.2) is 0 Å². The lowest BCUT2D eigenvalue weighted by Gasteiger charge is -2.11. The third-order valence-corrected chi connectivity index (χ3v) is 4.83. The van der Waals surface area contributed by atoms with Gasteiger partial charge < -0.3 is 15.0 Å². The second kappa shape index (κ2) is 7.66. The molecule has 0 spiro atoms. The molecule has 6 nitrogen and oxygen atoms in total. The summed E-state index contributed by atoms with van der Waals surface area (Å²) in [5, 5.41) is 11.6. The van der Waals surface area contributed by atoms with E-state index in [9.17, 15) is 14.4 Å². The van der Waals surface area contributed by atoms with Crippen molar-refractivity contribution in [3.05, 3.63) is 69.6 Å². The van der Waals surface area contributed by atoms with Crippen LogP contribution in [-0.4, -0.2) is 35.0 Å².